The van der Waals surface area contributed by atoms with Crippen LogP contribution in [0.2, 0.25) is 0 Å². The number of ether oxygens (including phenoxy) is 1. The van der Waals surface area contributed by atoms with Gasteiger partial charge in [0, 0.05) is 25.2 Å². The molecule has 0 saturated carbocycles. The second-order valence-electron chi connectivity index (χ2n) is 8.66. The van der Waals surface area contributed by atoms with Crippen LogP contribution < -0.4 is 5.73 Å². The van der Waals surface area contributed by atoms with Gasteiger partial charge in [-0.15, -0.1) is 0 Å². The summed E-state index contributed by atoms with van der Waals surface area (Å²) in [5.74, 6) is -3.78. The molecule has 2 saturated heterocycles. The van der Waals surface area contributed by atoms with Gasteiger partial charge in [-0.2, -0.15) is 0 Å². The highest BCUT2D eigenvalue weighted by molar-refractivity contribution is 5.86. The van der Waals surface area contributed by atoms with E-state index >= 15 is 0 Å². The average molecular weight is 443 g/mol. The van der Waals surface area contributed by atoms with Crippen LogP contribution in [0.4, 0.5) is 14.6 Å². The highest BCUT2D eigenvalue weighted by Crippen LogP contribution is 2.35. The number of fused-ring (bicyclic) bond motifs is 1. The number of aromatic nitrogens is 3. The van der Waals surface area contributed by atoms with E-state index in [1.807, 2.05) is 16.8 Å². The predicted octanol–water partition coefficient (Wildman–Crippen LogP) is 1.49. The van der Waals surface area contributed by atoms with Crippen LogP contribution in [-0.2, 0) is 4.74 Å². The van der Waals surface area contributed by atoms with Crippen LogP contribution in [0.1, 0.15) is 45.8 Å². The summed E-state index contributed by atoms with van der Waals surface area (Å²) in [6.45, 7) is 2.57. The lowest BCUT2D eigenvalue weighted by molar-refractivity contribution is -0.127. The highest BCUT2D eigenvalue weighted by Gasteiger charge is 2.41. The van der Waals surface area contributed by atoms with Gasteiger partial charge in [-0.25, -0.2) is 18.7 Å². The molecule has 174 valence electrons. The number of alkyl halides is 2. The number of piperidine rings is 1. The molecule has 2 aromatic heterocycles. The largest absolute Gasteiger partial charge is 0.395 e. The van der Waals surface area contributed by atoms with Gasteiger partial charge in [0.15, 0.2) is 5.79 Å². The lowest BCUT2D eigenvalue weighted by Gasteiger charge is -2.39. The van der Waals surface area contributed by atoms with Gasteiger partial charge < -0.3 is 30.4 Å². The number of nitrogen functional groups attached to an aromatic ring is 1. The molecule has 0 bridgehead atoms. The van der Waals surface area contributed by atoms with E-state index in [0.717, 1.165) is 18.2 Å². The Hall–Kier alpha value is -1.92. The van der Waals surface area contributed by atoms with E-state index in [1.165, 1.54) is 20.2 Å². The Morgan fingerprint density at radius 1 is 1.26 bits per heavy atom. The Labute approximate surface area is 179 Å². The third-order valence-corrected chi connectivity index (χ3v) is 5.38. The number of rotatable bonds is 4. The van der Waals surface area contributed by atoms with Crippen molar-refractivity contribution in [1.29, 1.82) is 0 Å². The van der Waals surface area contributed by atoms with Crippen LogP contribution in [0.5, 0.6) is 0 Å². The van der Waals surface area contributed by atoms with E-state index in [1.54, 1.807) is 4.90 Å². The van der Waals surface area contributed by atoms with Crippen molar-refractivity contribution in [3.63, 3.8) is 0 Å². The molecule has 0 aromatic carbocycles. The second-order valence-corrected chi connectivity index (χ2v) is 8.66. The number of hydrogen-bond donors (Lipinski definition) is 4. The molecule has 0 spiro atoms. The number of nitrogens with two attached hydrogens (primary N) is 1. The van der Waals surface area contributed by atoms with Crippen molar-refractivity contribution in [2.75, 3.05) is 25.4 Å². The van der Waals surface area contributed by atoms with Crippen molar-refractivity contribution in [2.45, 2.75) is 69.6 Å². The van der Waals surface area contributed by atoms with Crippen molar-refractivity contribution in [3.8, 4) is 0 Å². The van der Waals surface area contributed by atoms with Gasteiger partial charge in [-0.1, -0.05) is 0 Å². The highest BCUT2D eigenvalue weighted by atomic mass is 19.3. The van der Waals surface area contributed by atoms with Crippen molar-refractivity contribution < 1.29 is 28.8 Å². The number of halogens is 2. The smallest absolute Gasteiger partial charge is 0.260 e. The van der Waals surface area contributed by atoms with E-state index in [-0.39, 0.29) is 37.9 Å². The van der Waals surface area contributed by atoms with Crippen LogP contribution in [-0.4, -0.2) is 78.3 Å². The molecule has 2 aromatic rings. The van der Waals surface area contributed by atoms with E-state index in [2.05, 4.69) is 9.97 Å². The van der Waals surface area contributed by atoms with Gasteiger partial charge in [-0.3, -0.25) is 4.90 Å². The number of likely N-dealkylation sites (tertiary alicyclic amines) is 1. The Morgan fingerprint density at radius 3 is 2.65 bits per heavy atom. The van der Waals surface area contributed by atoms with Gasteiger partial charge in [0.2, 0.25) is 0 Å². The van der Waals surface area contributed by atoms with Crippen LogP contribution in [0.25, 0.3) is 11.0 Å². The Balaban J connectivity index is 0.000000491. The Morgan fingerprint density at radius 2 is 1.97 bits per heavy atom. The minimum absolute atomic E-state index is 0.106. The number of nitrogens with zero attached hydrogens (tertiary/aromatic N) is 4. The molecule has 5 N–H and O–H groups in total. The minimum Gasteiger partial charge on any atom is -0.395 e. The minimum atomic E-state index is -2.70. The zero-order valence-electron chi connectivity index (χ0n) is 17.8. The molecule has 0 amide bonds. The molecule has 3 unspecified atom stereocenters. The van der Waals surface area contributed by atoms with Crippen molar-refractivity contribution >= 4 is 16.9 Å². The monoisotopic (exact) mass is 443 g/mol. The SMILES string of the molecule is CC(C)(O)O.Nc1ncnc2c1ccn2C1CCC(CN2CC(F)(F)CCC2CO)O1. The third kappa shape index (κ3) is 6.30. The Kier molecular flexibility index (Phi) is 7.11. The number of aliphatic hydroxyl groups is 3. The van der Waals surface area contributed by atoms with Crippen LogP contribution in [0.15, 0.2) is 18.6 Å². The molecule has 2 fully saturated rings. The first kappa shape index (κ1) is 23.7. The van der Waals surface area contributed by atoms with E-state index in [4.69, 9.17) is 20.7 Å². The molecular weight excluding hydrogens is 412 g/mol. The zero-order chi connectivity index (χ0) is 22.8. The average Bonchev–Trinajstić information content (AvgIpc) is 3.27. The van der Waals surface area contributed by atoms with Gasteiger partial charge in [-0.05, 0) is 39.2 Å². The summed E-state index contributed by atoms with van der Waals surface area (Å²) in [6.07, 6.45) is 4.61. The van der Waals surface area contributed by atoms with Gasteiger partial charge in [0.25, 0.3) is 5.92 Å². The lowest BCUT2D eigenvalue weighted by atomic mass is 9.99. The molecule has 4 heterocycles. The first-order chi connectivity index (χ1) is 14.5. The fourth-order valence-corrected chi connectivity index (χ4v) is 4.00. The summed E-state index contributed by atoms with van der Waals surface area (Å²) in [7, 11) is 0. The maximum Gasteiger partial charge on any atom is 0.260 e. The first-order valence-corrected chi connectivity index (χ1v) is 10.4. The Bertz CT molecular complexity index is 867. The predicted molar refractivity (Wildman–Crippen MR) is 110 cm³/mol. The van der Waals surface area contributed by atoms with Gasteiger partial charge >= 0.3 is 0 Å². The fourth-order valence-electron chi connectivity index (χ4n) is 4.00. The van der Waals surface area contributed by atoms with Crippen molar-refractivity contribution in [2.24, 2.45) is 0 Å². The van der Waals surface area contributed by atoms with Crippen molar-refractivity contribution in [3.05, 3.63) is 18.6 Å². The topological polar surface area (TPSA) is 130 Å². The maximum absolute atomic E-state index is 13.8. The van der Waals surface area contributed by atoms with E-state index in [9.17, 15) is 13.9 Å². The normalized spacial score (nSPS) is 26.6. The first-order valence-electron chi connectivity index (χ1n) is 10.4. The molecule has 11 heteroatoms. The van der Waals surface area contributed by atoms with Crippen LogP contribution in [0.3, 0.4) is 0 Å². The van der Waals surface area contributed by atoms with E-state index < -0.39 is 11.7 Å². The standard InChI is InChI=1S/C17H23F2N5O2.C3H8O2/c18-17(19)5-3-11(8-25)23(9-17)7-12-1-2-14(26-12)24-6-4-13-15(20)21-10-22-16(13)24;1-3(2,4)5/h4,6,10-12,14,25H,1-3,5,7-9H2,(H2,20,21,22);4-5H,1-2H3. The summed E-state index contributed by atoms with van der Waals surface area (Å²) in [4.78, 5) is 9.93. The fraction of sp³-hybridized carbons (Fsp3) is 0.700. The number of anilines is 1. The number of hydrogen-bond acceptors (Lipinski definition) is 8. The second kappa shape index (κ2) is 9.29. The van der Waals surface area contributed by atoms with Crippen LogP contribution in [0, 0.1) is 0 Å². The molecule has 9 nitrogen and oxygen atoms in total. The summed E-state index contributed by atoms with van der Waals surface area (Å²) in [5, 5.41) is 26.4. The molecular formula is C20H31F2N5O4. The summed E-state index contributed by atoms with van der Waals surface area (Å²) < 4.78 is 35.5. The molecule has 2 aliphatic heterocycles. The number of aliphatic hydroxyl groups excluding tert-OH is 1. The maximum atomic E-state index is 13.8. The van der Waals surface area contributed by atoms with Crippen molar-refractivity contribution in [1.82, 2.24) is 19.4 Å². The third-order valence-electron chi connectivity index (χ3n) is 5.38. The quantitative estimate of drug-likeness (QED) is 0.523. The molecule has 4 rings (SSSR count). The van der Waals surface area contributed by atoms with Gasteiger partial charge in [0.1, 0.15) is 24.0 Å². The molecule has 0 radical (unpaired) electrons. The summed E-state index contributed by atoms with van der Waals surface area (Å²) in [5.41, 5.74) is 6.58. The van der Waals surface area contributed by atoms with Crippen LogP contribution >= 0.6 is 0 Å². The summed E-state index contributed by atoms with van der Waals surface area (Å²) in [6, 6.07) is 1.63. The molecule has 2 aliphatic rings. The van der Waals surface area contributed by atoms with Gasteiger partial charge in [0.05, 0.1) is 24.6 Å². The molecule has 3 atom stereocenters. The molecule has 0 aliphatic carbocycles. The summed E-state index contributed by atoms with van der Waals surface area (Å²) >= 11 is 0. The lowest BCUT2D eigenvalue weighted by Crippen LogP contribution is -2.52. The zero-order valence-corrected chi connectivity index (χ0v) is 17.8. The van der Waals surface area contributed by atoms with E-state index in [0.29, 0.717) is 24.4 Å². The molecule has 31 heavy (non-hydrogen) atoms.